The highest BCUT2D eigenvalue weighted by molar-refractivity contribution is 7.80. The molecule has 5 rings (SSSR count). The summed E-state index contributed by atoms with van der Waals surface area (Å²) in [5, 5.41) is 5.04. The second-order valence-electron chi connectivity index (χ2n) is 7.98. The predicted molar refractivity (Wildman–Crippen MR) is 133 cm³/mol. The minimum atomic E-state index is -0.0607. The van der Waals surface area contributed by atoms with Gasteiger partial charge in [-0.25, -0.2) is 0 Å². The number of thiocarbonyl (C=S) groups is 1. The third-order valence-electron chi connectivity index (χ3n) is 5.90. The Morgan fingerprint density at radius 2 is 1.81 bits per heavy atom. The Bertz CT molecular complexity index is 1240. The largest absolute Gasteiger partial charge is 0.352 e. The molecule has 1 aliphatic rings. The lowest BCUT2D eigenvalue weighted by Gasteiger charge is -2.29. The third-order valence-corrected chi connectivity index (χ3v) is 6.67. The summed E-state index contributed by atoms with van der Waals surface area (Å²) in [5.74, 6) is 0. The first-order valence-electron chi connectivity index (χ1n) is 10.6. The van der Waals surface area contributed by atoms with Gasteiger partial charge in [-0.3, -0.25) is 4.98 Å². The van der Waals surface area contributed by atoms with Crippen molar-refractivity contribution in [3.8, 4) is 5.69 Å². The number of halogens is 1. The van der Waals surface area contributed by atoms with Crippen molar-refractivity contribution in [2.24, 2.45) is 0 Å². The van der Waals surface area contributed by atoms with E-state index in [1.54, 1.807) is 0 Å². The van der Waals surface area contributed by atoms with Crippen LogP contribution >= 0.6 is 23.8 Å². The van der Waals surface area contributed by atoms with E-state index in [4.69, 9.17) is 23.8 Å². The van der Waals surface area contributed by atoms with Crippen molar-refractivity contribution in [3.63, 3.8) is 0 Å². The zero-order chi connectivity index (χ0) is 22.1. The number of benzene rings is 2. The highest BCUT2D eigenvalue weighted by Gasteiger charge is 2.41. The predicted octanol–water partition coefficient (Wildman–Crippen LogP) is 6.01. The Morgan fingerprint density at radius 1 is 1.00 bits per heavy atom. The molecule has 0 spiro atoms. The lowest BCUT2D eigenvalue weighted by molar-refractivity contribution is 0.302. The smallest absolute Gasteiger partial charge is 0.170 e. The van der Waals surface area contributed by atoms with E-state index < -0.39 is 0 Å². The molecule has 2 atom stereocenters. The van der Waals surface area contributed by atoms with Crippen LogP contribution in [0.25, 0.3) is 5.69 Å². The van der Waals surface area contributed by atoms with E-state index in [1.165, 1.54) is 5.56 Å². The van der Waals surface area contributed by atoms with Gasteiger partial charge in [-0.15, -0.1) is 0 Å². The SMILES string of the molecule is Cc1cc(-n2cccc2[C@@H]2[C@H](c3ccccn3)NC(=S)N2Cc2ccccc2)ccc1Cl. The molecule has 0 unspecified atom stereocenters. The molecule has 32 heavy (non-hydrogen) atoms. The fourth-order valence-corrected chi connectivity index (χ4v) is 4.75. The standard InChI is InChI=1S/C26H23ClN4S/c1-18-16-20(12-13-21(18)27)30-15-7-11-23(30)25-24(22-10-5-6-14-28-22)29-26(32)31(25)17-19-8-3-2-4-9-19/h2-16,24-25H,17H2,1H3,(H,29,32)/t24-,25+/m0/s1. The summed E-state index contributed by atoms with van der Waals surface area (Å²) in [6.45, 7) is 2.74. The van der Waals surface area contributed by atoms with Crippen molar-refractivity contribution in [2.75, 3.05) is 0 Å². The summed E-state index contributed by atoms with van der Waals surface area (Å²) in [6, 6.07) is 26.7. The van der Waals surface area contributed by atoms with Crippen molar-refractivity contribution < 1.29 is 0 Å². The van der Waals surface area contributed by atoms with Crippen molar-refractivity contribution in [3.05, 3.63) is 119 Å². The van der Waals surface area contributed by atoms with Gasteiger partial charge in [0.1, 0.15) is 0 Å². The van der Waals surface area contributed by atoms with Gasteiger partial charge in [0, 0.05) is 35.3 Å². The maximum Gasteiger partial charge on any atom is 0.170 e. The van der Waals surface area contributed by atoms with Crippen LogP contribution in [0.3, 0.4) is 0 Å². The molecule has 6 heteroatoms. The van der Waals surface area contributed by atoms with E-state index in [9.17, 15) is 0 Å². The Balaban J connectivity index is 1.61. The summed E-state index contributed by atoms with van der Waals surface area (Å²) >= 11 is 12.1. The Hall–Kier alpha value is -3.15. The highest BCUT2D eigenvalue weighted by Crippen LogP contribution is 2.40. The number of nitrogens with zero attached hydrogens (tertiary/aromatic N) is 3. The Morgan fingerprint density at radius 3 is 2.56 bits per heavy atom. The van der Waals surface area contributed by atoms with Crippen molar-refractivity contribution >= 4 is 28.9 Å². The van der Waals surface area contributed by atoms with E-state index >= 15 is 0 Å². The van der Waals surface area contributed by atoms with E-state index in [0.717, 1.165) is 32.8 Å². The molecule has 4 nitrogen and oxygen atoms in total. The maximum atomic E-state index is 6.29. The summed E-state index contributed by atoms with van der Waals surface area (Å²) in [4.78, 5) is 6.91. The fourth-order valence-electron chi connectivity index (χ4n) is 4.33. The van der Waals surface area contributed by atoms with Crippen LogP contribution in [0.15, 0.2) is 91.3 Å². The minimum absolute atomic E-state index is 0.0245. The van der Waals surface area contributed by atoms with Crippen LogP contribution in [0.5, 0.6) is 0 Å². The minimum Gasteiger partial charge on any atom is -0.352 e. The molecular formula is C26H23ClN4S. The Kier molecular flexibility index (Phi) is 5.68. The van der Waals surface area contributed by atoms with Gasteiger partial charge < -0.3 is 14.8 Å². The molecule has 1 fully saturated rings. The topological polar surface area (TPSA) is 33.1 Å². The highest BCUT2D eigenvalue weighted by atomic mass is 35.5. The van der Waals surface area contributed by atoms with E-state index in [-0.39, 0.29) is 12.1 Å². The van der Waals surface area contributed by atoms with Gasteiger partial charge in [0.05, 0.1) is 17.8 Å². The number of nitrogens with one attached hydrogen (secondary N) is 1. The molecule has 160 valence electrons. The quantitative estimate of drug-likeness (QED) is 0.371. The van der Waals surface area contributed by atoms with Crippen LogP contribution in [-0.2, 0) is 6.54 Å². The van der Waals surface area contributed by atoms with Gasteiger partial charge in [-0.05, 0) is 72.7 Å². The number of pyridine rings is 1. The van der Waals surface area contributed by atoms with Crippen molar-refractivity contribution in [1.82, 2.24) is 19.8 Å². The van der Waals surface area contributed by atoms with Gasteiger partial charge in [-0.1, -0.05) is 48.0 Å². The van der Waals surface area contributed by atoms with Gasteiger partial charge >= 0.3 is 0 Å². The number of aryl methyl sites for hydroxylation is 1. The molecule has 2 aromatic carbocycles. The Labute approximate surface area is 198 Å². The zero-order valence-electron chi connectivity index (χ0n) is 17.6. The number of aromatic nitrogens is 2. The van der Waals surface area contributed by atoms with Gasteiger partial charge in [0.2, 0.25) is 0 Å². The summed E-state index contributed by atoms with van der Waals surface area (Å²) in [6.07, 6.45) is 3.92. The first-order valence-corrected chi connectivity index (χ1v) is 11.4. The van der Waals surface area contributed by atoms with Crippen LogP contribution in [0.1, 0.15) is 34.6 Å². The molecule has 0 bridgehead atoms. The van der Waals surface area contributed by atoms with E-state index in [1.807, 2.05) is 37.4 Å². The van der Waals surface area contributed by atoms with Gasteiger partial charge in [0.15, 0.2) is 5.11 Å². The third kappa shape index (κ3) is 3.90. The summed E-state index contributed by atoms with van der Waals surface area (Å²) in [5.41, 5.74) is 5.44. The maximum absolute atomic E-state index is 6.29. The van der Waals surface area contributed by atoms with Gasteiger partial charge in [0.25, 0.3) is 0 Å². The first kappa shape index (κ1) is 20.7. The second-order valence-corrected chi connectivity index (χ2v) is 8.77. The van der Waals surface area contributed by atoms with Crippen LogP contribution in [0.2, 0.25) is 5.02 Å². The number of hydrogen-bond acceptors (Lipinski definition) is 2. The van der Waals surface area contributed by atoms with Crippen LogP contribution in [-0.4, -0.2) is 19.6 Å². The average molecular weight is 459 g/mol. The fraction of sp³-hybridized carbons (Fsp3) is 0.154. The molecule has 0 radical (unpaired) electrons. The number of hydrogen-bond donors (Lipinski definition) is 1. The first-order chi connectivity index (χ1) is 15.6. The summed E-state index contributed by atoms with van der Waals surface area (Å²) in [7, 11) is 0. The molecule has 3 heterocycles. The molecule has 4 aromatic rings. The summed E-state index contributed by atoms with van der Waals surface area (Å²) < 4.78 is 2.22. The van der Waals surface area contributed by atoms with Crippen molar-refractivity contribution in [2.45, 2.75) is 25.6 Å². The lowest BCUT2D eigenvalue weighted by atomic mass is 10.0. The zero-order valence-corrected chi connectivity index (χ0v) is 19.2. The molecule has 0 aliphatic carbocycles. The molecule has 1 N–H and O–H groups in total. The average Bonchev–Trinajstić information content (AvgIpc) is 3.42. The molecule has 0 saturated carbocycles. The molecule has 1 saturated heterocycles. The van der Waals surface area contributed by atoms with E-state index in [0.29, 0.717) is 6.54 Å². The lowest BCUT2D eigenvalue weighted by Crippen LogP contribution is -2.30. The van der Waals surface area contributed by atoms with Gasteiger partial charge in [-0.2, -0.15) is 0 Å². The van der Waals surface area contributed by atoms with Crippen LogP contribution < -0.4 is 5.32 Å². The molecular weight excluding hydrogens is 436 g/mol. The molecule has 1 aliphatic heterocycles. The van der Waals surface area contributed by atoms with Crippen LogP contribution in [0.4, 0.5) is 0 Å². The monoisotopic (exact) mass is 458 g/mol. The van der Waals surface area contributed by atoms with Crippen molar-refractivity contribution in [1.29, 1.82) is 0 Å². The normalized spacial score (nSPS) is 18.1. The second kappa shape index (κ2) is 8.77. The molecule has 0 amide bonds. The molecule has 2 aromatic heterocycles. The van der Waals surface area contributed by atoms with Crippen LogP contribution in [0, 0.1) is 6.92 Å². The number of rotatable bonds is 5. The van der Waals surface area contributed by atoms with E-state index in [2.05, 4.69) is 80.6 Å².